The fraction of sp³-hybridized carbons (Fsp3) is 0.471. The molecule has 0 spiro atoms. The molecule has 1 heterocycles. The Hall–Kier alpha value is -1.84. The second-order valence-electron chi connectivity index (χ2n) is 5.96. The van der Waals surface area contributed by atoms with Gasteiger partial charge in [0.15, 0.2) is 0 Å². The van der Waals surface area contributed by atoms with Crippen molar-refractivity contribution in [3.05, 3.63) is 35.9 Å². The minimum Gasteiger partial charge on any atom is -0.296 e. The van der Waals surface area contributed by atoms with Crippen molar-refractivity contribution in [2.24, 2.45) is 5.92 Å². The maximum atomic E-state index is 12.4. The predicted molar refractivity (Wildman–Crippen MR) is 103 cm³/mol. The van der Waals surface area contributed by atoms with E-state index in [4.69, 9.17) is 0 Å². The van der Waals surface area contributed by atoms with Crippen LogP contribution in [0.25, 0.3) is 0 Å². The Bertz CT molecular complexity index is 806. The quantitative estimate of drug-likeness (QED) is 0.600. The van der Waals surface area contributed by atoms with Crippen molar-refractivity contribution in [1.29, 1.82) is 0 Å². The zero-order valence-electron chi connectivity index (χ0n) is 14.9. The number of amides is 1. The Morgan fingerprint density at radius 2 is 1.92 bits per heavy atom. The lowest BCUT2D eigenvalue weighted by atomic mass is 10.00. The van der Waals surface area contributed by atoms with E-state index in [9.17, 15) is 13.2 Å². The van der Waals surface area contributed by atoms with Gasteiger partial charge in [-0.05, 0) is 24.5 Å². The van der Waals surface area contributed by atoms with Gasteiger partial charge in [-0.25, -0.2) is 13.1 Å². The van der Waals surface area contributed by atoms with Gasteiger partial charge in [-0.15, -0.1) is 10.2 Å². The van der Waals surface area contributed by atoms with E-state index in [0.29, 0.717) is 18.0 Å². The average molecular weight is 397 g/mol. The molecule has 1 amide bonds. The van der Waals surface area contributed by atoms with Crippen LogP contribution in [0.1, 0.15) is 49.9 Å². The van der Waals surface area contributed by atoms with Gasteiger partial charge in [0.25, 0.3) is 15.9 Å². The number of hydrogen-bond donors (Lipinski definition) is 2. The summed E-state index contributed by atoms with van der Waals surface area (Å²) in [7, 11) is -3.73. The summed E-state index contributed by atoms with van der Waals surface area (Å²) in [5.41, 5.74) is 0.465. The molecule has 142 valence electrons. The maximum Gasteiger partial charge on any atom is 0.269 e. The van der Waals surface area contributed by atoms with Crippen LogP contribution in [0.15, 0.2) is 34.7 Å². The molecule has 0 saturated carbocycles. The second kappa shape index (κ2) is 9.75. The van der Waals surface area contributed by atoms with Gasteiger partial charge in [0.05, 0.1) is 0 Å². The summed E-state index contributed by atoms with van der Waals surface area (Å²) < 4.78 is 27.2. The van der Waals surface area contributed by atoms with E-state index in [2.05, 4.69) is 34.1 Å². The summed E-state index contributed by atoms with van der Waals surface area (Å²) in [5, 5.41) is 10.2. The first kappa shape index (κ1) is 20.5. The summed E-state index contributed by atoms with van der Waals surface area (Å²) in [6.45, 7) is 4.55. The first-order chi connectivity index (χ1) is 12.5. The minimum atomic E-state index is -3.73. The molecule has 0 aliphatic rings. The zero-order chi connectivity index (χ0) is 19.0. The predicted octanol–water partition coefficient (Wildman–Crippen LogP) is 3.29. The third-order valence-electron chi connectivity index (χ3n) is 4.00. The Morgan fingerprint density at radius 1 is 1.19 bits per heavy atom. The Morgan fingerprint density at radius 3 is 2.58 bits per heavy atom. The standard InChI is InChI=1S/C17H24N4O3S2/c1-3-5-9-13(4-2)12-18-26(23,24)17-21-20-16(25-17)19-15(22)14-10-7-6-8-11-14/h6-8,10-11,13,18H,3-5,9,12H2,1-2H3,(H,19,20,22)/t13-/m0/s1. The molecule has 2 rings (SSSR count). The van der Waals surface area contributed by atoms with Gasteiger partial charge >= 0.3 is 0 Å². The summed E-state index contributed by atoms with van der Waals surface area (Å²) in [5.74, 6) is -0.0563. The number of unbranched alkanes of at least 4 members (excludes halogenated alkanes) is 1. The molecule has 0 saturated heterocycles. The minimum absolute atomic E-state index is 0.147. The number of rotatable bonds is 10. The van der Waals surface area contributed by atoms with Crippen molar-refractivity contribution < 1.29 is 13.2 Å². The van der Waals surface area contributed by atoms with Crippen LogP contribution in [-0.2, 0) is 10.0 Å². The highest BCUT2D eigenvalue weighted by Crippen LogP contribution is 2.21. The Labute approximate surface area is 158 Å². The Balaban J connectivity index is 1.97. The lowest BCUT2D eigenvalue weighted by Crippen LogP contribution is -2.29. The van der Waals surface area contributed by atoms with Crippen LogP contribution in [0.5, 0.6) is 0 Å². The smallest absolute Gasteiger partial charge is 0.269 e. The summed E-state index contributed by atoms with van der Waals surface area (Å²) in [4.78, 5) is 12.1. The fourth-order valence-corrected chi connectivity index (χ4v) is 4.41. The number of benzene rings is 1. The number of carbonyl (C=O) groups excluding carboxylic acids is 1. The van der Waals surface area contributed by atoms with Crippen molar-refractivity contribution >= 4 is 32.4 Å². The molecular weight excluding hydrogens is 372 g/mol. The van der Waals surface area contributed by atoms with Crippen LogP contribution in [0.3, 0.4) is 0 Å². The number of aromatic nitrogens is 2. The van der Waals surface area contributed by atoms with Crippen LogP contribution in [0.2, 0.25) is 0 Å². The largest absolute Gasteiger partial charge is 0.296 e. The van der Waals surface area contributed by atoms with E-state index >= 15 is 0 Å². The first-order valence-electron chi connectivity index (χ1n) is 8.65. The van der Waals surface area contributed by atoms with Crippen molar-refractivity contribution in [1.82, 2.24) is 14.9 Å². The van der Waals surface area contributed by atoms with E-state index in [1.807, 2.05) is 6.07 Å². The molecule has 9 heteroatoms. The lowest BCUT2D eigenvalue weighted by molar-refractivity contribution is 0.102. The highest BCUT2D eigenvalue weighted by atomic mass is 32.2. The third-order valence-corrected chi connectivity index (χ3v) is 6.63. The zero-order valence-corrected chi connectivity index (χ0v) is 16.6. The molecule has 1 aromatic heterocycles. The van der Waals surface area contributed by atoms with Gasteiger partial charge in [0.1, 0.15) is 0 Å². The summed E-state index contributed by atoms with van der Waals surface area (Å²) in [6, 6.07) is 8.63. The molecule has 2 N–H and O–H groups in total. The van der Waals surface area contributed by atoms with Crippen LogP contribution < -0.4 is 10.0 Å². The van der Waals surface area contributed by atoms with Crippen molar-refractivity contribution in [3.63, 3.8) is 0 Å². The number of sulfonamides is 1. The molecule has 0 aliphatic carbocycles. The third kappa shape index (κ3) is 5.86. The monoisotopic (exact) mass is 396 g/mol. The highest BCUT2D eigenvalue weighted by molar-refractivity contribution is 7.91. The van der Waals surface area contributed by atoms with E-state index in [-0.39, 0.29) is 15.4 Å². The molecule has 1 aromatic carbocycles. The van der Waals surface area contributed by atoms with Gasteiger partial charge in [-0.2, -0.15) is 0 Å². The molecule has 0 aliphatic heterocycles. The van der Waals surface area contributed by atoms with Crippen molar-refractivity contribution in [2.45, 2.75) is 43.9 Å². The van der Waals surface area contributed by atoms with Crippen LogP contribution in [-0.4, -0.2) is 31.1 Å². The number of nitrogens with zero attached hydrogens (tertiary/aromatic N) is 2. The summed E-state index contributed by atoms with van der Waals surface area (Å²) >= 11 is 0.835. The van der Waals surface area contributed by atoms with Crippen LogP contribution >= 0.6 is 11.3 Å². The molecule has 2 aromatic rings. The summed E-state index contributed by atoms with van der Waals surface area (Å²) in [6.07, 6.45) is 4.07. The SMILES string of the molecule is CCCC[C@H](CC)CNS(=O)(=O)c1nnc(NC(=O)c2ccccc2)s1. The van der Waals surface area contributed by atoms with Gasteiger partial charge in [-0.3, -0.25) is 10.1 Å². The molecule has 1 atom stereocenters. The van der Waals surface area contributed by atoms with Gasteiger partial charge in [0.2, 0.25) is 9.47 Å². The first-order valence-corrected chi connectivity index (χ1v) is 11.0. The fourth-order valence-electron chi connectivity index (χ4n) is 2.36. The molecule has 0 fully saturated rings. The number of anilines is 1. The number of carbonyl (C=O) groups is 1. The molecule has 0 radical (unpaired) electrons. The van der Waals surface area contributed by atoms with Crippen LogP contribution in [0, 0.1) is 5.92 Å². The normalized spacial score (nSPS) is 12.7. The van der Waals surface area contributed by atoms with E-state index in [1.165, 1.54) is 0 Å². The Kier molecular flexibility index (Phi) is 7.67. The maximum absolute atomic E-state index is 12.4. The van der Waals surface area contributed by atoms with Crippen LogP contribution in [0.4, 0.5) is 5.13 Å². The van der Waals surface area contributed by atoms with Gasteiger partial charge in [-0.1, -0.05) is 62.6 Å². The highest BCUT2D eigenvalue weighted by Gasteiger charge is 2.22. The molecule has 0 unspecified atom stereocenters. The van der Waals surface area contributed by atoms with Crippen molar-refractivity contribution in [3.8, 4) is 0 Å². The van der Waals surface area contributed by atoms with E-state index < -0.39 is 10.0 Å². The molecular formula is C17H24N4O3S2. The van der Waals surface area contributed by atoms with E-state index in [0.717, 1.165) is 37.0 Å². The molecule has 0 bridgehead atoms. The topological polar surface area (TPSA) is 101 Å². The molecule has 7 nitrogen and oxygen atoms in total. The van der Waals surface area contributed by atoms with Gasteiger partial charge in [0, 0.05) is 12.1 Å². The van der Waals surface area contributed by atoms with Gasteiger partial charge < -0.3 is 0 Å². The second-order valence-corrected chi connectivity index (χ2v) is 8.88. The average Bonchev–Trinajstić information content (AvgIpc) is 3.12. The number of hydrogen-bond acceptors (Lipinski definition) is 6. The lowest BCUT2D eigenvalue weighted by Gasteiger charge is -2.14. The van der Waals surface area contributed by atoms with E-state index in [1.54, 1.807) is 24.3 Å². The number of nitrogens with one attached hydrogen (secondary N) is 2. The van der Waals surface area contributed by atoms with Crippen molar-refractivity contribution in [2.75, 3.05) is 11.9 Å². The molecule has 26 heavy (non-hydrogen) atoms.